The number of carbonyl (C=O) groups is 1. The van der Waals surface area contributed by atoms with Gasteiger partial charge in [-0.3, -0.25) is 4.79 Å². The van der Waals surface area contributed by atoms with Gasteiger partial charge < -0.3 is 9.47 Å². The fourth-order valence-electron chi connectivity index (χ4n) is 2.78. The van der Waals surface area contributed by atoms with Gasteiger partial charge in [0.05, 0.1) is 18.6 Å². The third-order valence-electron chi connectivity index (χ3n) is 3.49. The van der Waals surface area contributed by atoms with Crippen molar-refractivity contribution in [3.05, 3.63) is 0 Å². The maximum Gasteiger partial charge on any atom is 0.309 e. The number of hydrogen-bond acceptors (Lipinski definition) is 3. The normalized spacial score (nSPS) is 39.6. The summed E-state index contributed by atoms with van der Waals surface area (Å²) in [4.78, 5) is 11.6. The number of esters is 1. The van der Waals surface area contributed by atoms with E-state index in [9.17, 15) is 4.79 Å². The van der Waals surface area contributed by atoms with Crippen LogP contribution in [0.2, 0.25) is 0 Å². The molecule has 0 aromatic heterocycles. The summed E-state index contributed by atoms with van der Waals surface area (Å²) in [5.74, 6) is 1.23. The molecule has 3 nitrogen and oxygen atoms in total. The van der Waals surface area contributed by atoms with E-state index in [0.717, 1.165) is 12.8 Å². The van der Waals surface area contributed by atoms with Crippen molar-refractivity contribution < 1.29 is 14.3 Å². The molecule has 0 bridgehead atoms. The van der Waals surface area contributed by atoms with Gasteiger partial charge in [0, 0.05) is 5.92 Å². The maximum absolute atomic E-state index is 11.6. The van der Waals surface area contributed by atoms with Crippen LogP contribution in [0.4, 0.5) is 0 Å². The lowest BCUT2D eigenvalue weighted by Gasteiger charge is -2.18. The molecule has 0 amide bonds. The summed E-state index contributed by atoms with van der Waals surface area (Å²) in [6, 6.07) is 0. The van der Waals surface area contributed by atoms with Crippen molar-refractivity contribution in [3.63, 3.8) is 0 Å². The molecule has 0 aromatic carbocycles. The molecule has 15 heavy (non-hydrogen) atoms. The molecule has 0 spiro atoms. The highest BCUT2D eigenvalue weighted by Gasteiger charge is 2.49. The van der Waals surface area contributed by atoms with Crippen LogP contribution in [0.3, 0.4) is 0 Å². The van der Waals surface area contributed by atoms with Gasteiger partial charge in [-0.1, -0.05) is 6.92 Å². The average molecular weight is 212 g/mol. The van der Waals surface area contributed by atoms with Gasteiger partial charge in [-0.2, -0.15) is 0 Å². The zero-order chi connectivity index (χ0) is 11.0. The van der Waals surface area contributed by atoms with E-state index in [1.807, 2.05) is 13.8 Å². The number of fused-ring (bicyclic) bond motifs is 1. The molecule has 2 aliphatic rings. The maximum atomic E-state index is 11.6. The Morgan fingerprint density at radius 1 is 1.47 bits per heavy atom. The first-order valence-electron chi connectivity index (χ1n) is 5.90. The molecule has 0 aromatic rings. The van der Waals surface area contributed by atoms with Crippen LogP contribution in [0.15, 0.2) is 0 Å². The van der Waals surface area contributed by atoms with Crippen molar-refractivity contribution in [2.24, 2.45) is 17.8 Å². The quantitative estimate of drug-likeness (QED) is 0.671. The lowest BCUT2D eigenvalue weighted by molar-refractivity contribution is -0.147. The number of carbonyl (C=O) groups excluding carboxylic acids is 1. The van der Waals surface area contributed by atoms with Crippen molar-refractivity contribution in [2.45, 2.75) is 45.8 Å². The summed E-state index contributed by atoms with van der Waals surface area (Å²) in [5, 5.41) is 0. The molecule has 2 fully saturated rings. The predicted octanol–water partition coefficient (Wildman–Crippen LogP) is 2.00. The minimum atomic E-state index is 0.00158. The van der Waals surface area contributed by atoms with Crippen LogP contribution in [-0.2, 0) is 14.3 Å². The Kier molecular flexibility index (Phi) is 3.01. The van der Waals surface area contributed by atoms with E-state index in [1.165, 1.54) is 0 Å². The second-order valence-corrected chi connectivity index (χ2v) is 5.20. The molecule has 0 N–H and O–H groups in total. The summed E-state index contributed by atoms with van der Waals surface area (Å²) in [6.45, 7) is 6.79. The molecule has 1 saturated heterocycles. The van der Waals surface area contributed by atoms with Crippen LogP contribution >= 0.6 is 0 Å². The molecular formula is C12H20O3. The lowest BCUT2D eigenvalue weighted by Crippen LogP contribution is -2.25. The third-order valence-corrected chi connectivity index (χ3v) is 3.49. The fourth-order valence-corrected chi connectivity index (χ4v) is 2.78. The molecule has 1 aliphatic heterocycles. The van der Waals surface area contributed by atoms with Crippen LogP contribution in [0.5, 0.6) is 0 Å². The van der Waals surface area contributed by atoms with Crippen molar-refractivity contribution in [2.75, 3.05) is 6.61 Å². The van der Waals surface area contributed by atoms with Crippen molar-refractivity contribution in [1.82, 2.24) is 0 Å². The first-order valence-corrected chi connectivity index (χ1v) is 5.90. The van der Waals surface area contributed by atoms with E-state index in [2.05, 4.69) is 6.92 Å². The van der Waals surface area contributed by atoms with Gasteiger partial charge >= 0.3 is 5.97 Å². The molecule has 3 heteroatoms. The second-order valence-electron chi connectivity index (χ2n) is 5.20. The summed E-state index contributed by atoms with van der Waals surface area (Å²) in [7, 11) is 0. The third kappa shape index (κ3) is 2.17. The lowest BCUT2D eigenvalue weighted by atomic mass is 9.94. The highest BCUT2D eigenvalue weighted by Crippen LogP contribution is 2.44. The SMILES string of the molecule is CC1CC2C(=O)O[C@@H](COC(C)C)C2C1. The molecule has 86 valence electrons. The Labute approximate surface area is 91.1 Å². The largest absolute Gasteiger partial charge is 0.459 e. The van der Waals surface area contributed by atoms with E-state index < -0.39 is 0 Å². The molecule has 0 radical (unpaired) electrons. The topological polar surface area (TPSA) is 35.5 Å². The Hall–Kier alpha value is -0.570. The fraction of sp³-hybridized carbons (Fsp3) is 0.917. The Bertz CT molecular complexity index is 249. The number of hydrogen-bond donors (Lipinski definition) is 0. The van der Waals surface area contributed by atoms with Gasteiger partial charge in [0.15, 0.2) is 0 Å². The van der Waals surface area contributed by atoms with Crippen LogP contribution in [0.25, 0.3) is 0 Å². The van der Waals surface area contributed by atoms with Crippen LogP contribution in [-0.4, -0.2) is 24.8 Å². The minimum Gasteiger partial charge on any atom is -0.459 e. The van der Waals surface area contributed by atoms with Gasteiger partial charge in [-0.05, 0) is 32.6 Å². The molecule has 1 heterocycles. The van der Waals surface area contributed by atoms with Crippen molar-refractivity contribution in [3.8, 4) is 0 Å². The van der Waals surface area contributed by atoms with Crippen LogP contribution in [0, 0.1) is 17.8 Å². The smallest absolute Gasteiger partial charge is 0.309 e. The van der Waals surface area contributed by atoms with E-state index in [0.29, 0.717) is 18.4 Å². The zero-order valence-corrected chi connectivity index (χ0v) is 9.73. The van der Waals surface area contributed by atoms with Crippen molar-refractivity contribution >= 4 is 5.97 Å². The molecule has 4 atom stereocenters. The van der Waals surface area contributed by atoms with Crippen LogP contribution in [0.1, 0.15) is 33.6 Å². The number of ether oxygens (including phenoxy) is 2. The molecule has 2 rings (SSSR count). The average Bonchev–Trinajstić information content (AvgIpc) is 2.64. The van der Waals surface area contributed by atoms with E-state index in [1.54, 1.807) is 0 Å². The Morgan fingerprint density at radius 3 is 2.87 bits per heavy atom. The molecule has 1 aliphatic carbocycles. The second kappa shape index (κ2) is 4.12. The predicted molar refractivity (Wildman–Crippen MR) is 56.3 cm³/mol. The van der Waals surface area contributed by atoms with E-state index in [-0.39, 0.29) is 24.1 Å². The van der Waals surface area contributed by atoms with E-state index in [4.69, 9.17) is 9.47 Å². The summed E-state index contributed by atoms with van der Waals surface area (Å²) >= 11 is 0. The standard InChI is InChI=1S/C12H20O3/c1-7(2)14-6-11-9-4-8(3)5-10(9)12(13)15-11/h7-11H,4-6H2,1-3H3/t8?,9?,10?,11-/m0/s1. The van der Waals surface area contributed by atoms with Crippen molar-refractivity contribution in [1.29, 1.82) is 0 Å². The highest BCUT2D eigenvalue weighted by molar-refractivity contribution is 5.75. The highest BCUT2D eigenvalue weighted by atomic mass is 16.6. The van der Waals surface area contributed by atoms with Gasteiger partial charge in [-0.15, -0.1) is 0 Å². The summed E-state index contributed by atoms with van der Waals surface area (Å²) < 4.78 is 10.9. The first kappa shape index (κ1) is 10.9. The first-order chi connectivity index (χ1) is 7.08. The number of cyclic esters (lactones) is 1. The molecule has 3 unspecified atom stereocenters. The molecular weight excluding hydrogens is 192 g/mol. The van der Waals surface area contributed by atoms with Crippen LogP contribution < -0.4 is 0 Å². The van der Waals surface area contributed by atoms with Gasteiger partial charge in [0.1, 0.15) is 6.10 Å². The van der Waals surface area contributed by atoms with Gasteiger partial charge in [0.2, 0.25) is 0 Å². The molecule has 1 saturated carbocycles. The Balaban J connectivity index is 1.94. The van der Waals surface area contributed by atoms with Gasteiger partial charge in [0.25, 0.3) is 0 Å². The minimum absolute atomic E-state index is 0.00158. The Morgan fingerprint density at radius 2 is 2.20 bits per heavy atom. The summed E-state index contributed by atoms with van der Waals surface area (Å²) in [6.07, 6.45) is 2.33. The zero-order valence-electron chi connectivity index (χ0n) is 9.73. The number of rotatable bonds is 3. The van der Waals surface area contributed by atoms with E-state index >= 15 is 0 Å². The summed E-state index contributed by atoms with van der Waals surface area (Å²) in [5.41, 5.74) is 0. The monoisotopic (exact) mass is 212 g/mol. The van der Waals surface area contributed by atoms with Gasteiger partial charge in [-0.25, -0.2) is 0 Å².